The third kappa shape index (κ3) is 38.9. The number of aliphatic hydroxyl groups excluding tert-OH is 2. The molecule has 0 aromatic carbocycles. The van der Waals surface area contributed by atoms with Crippen LogP contribution in [0.15, 0.2) is 36.5 Å². The Morgan fingerprint density at radius 3 is 1.41 bits per heavy atom. The molecule has 0 fully saturated rings. The fourth-order valence-corrected chi connectivity index (χ4v) is 7.25. The van der Waals surface area contributed by atoms with Crippen molar-refractivity contribution in [2.75, 3.05) is 6.61 Å². The van der Waals surface area contributed by atoms with Crippen LogP contribution >= 0.6 is 0 Å². The van der Waals surface area contributed by atoms with E-state index in [-0.39, 0.29) is 31.3 Å². The van der Waals surface area contributed by atoms with Crippen molar-refractivity contribution in [3.05, 3.63) is 36.5 Å². The molecule has 0 aromatic rings. The fraction of sp³-hybridized carbons (Fsp3) is 0.840. The van der Waals surface area contributed by atoms with Crippen molar-refractivity contribution in [1.29, 1.82) is 0 Å². The summed E-state index contributed by atoms with van der Waals surface area (Å²) in [7, 11) is 0. The van der Waals surface area contributed by atoms with E-state index in [0.29, 0.717) is 19.3 Å². The monoisotopic (exact) mass is 788 g/mol. The molecule has 0 rings (SSSR count). The van der Waals surface area contributed by atoms with Crippen molar-refractivity contribution in [2.45, 2.75) is 264 Å². The molecular weight excluding hydrogens is 695 g/mol. The molecule has 3 N–H and O–H groups in total. The van der Waals surface area contributed by atoms with Gasteiger partial charge in [0.25, 0.3) is 0 Å². The standard InChI is InChI=1S/C50H93NO5/c1-4-7-10-13-16-19-22-24-27-30-33-36-39-42-48(53)47(45-52)51-49(54)44-46(41-38-35-32-29-26-21-18-15-12-9-6-3)56-50(55)43-40-37-34-31-28-25-23-20-17-14-11-8-5-2/h25,28-29,32,34,37,46-48,52-53H,4-24,26-27,30-31,33,35-36,38-45H2,1-3H3,(H,51,54)/b28-25-,32-29-,37-34+. The van der Waals surface area contributed by atoms with Gasteiger partial charge in [-0.3, -0.25) is 9.59 Å². The molecular formula is C50H93NO5. The zero-order valence-corrected chi connectivity index (χ0v) is 37.3. The van der Waals surface area contributed by atoms with Crippen LogP contribution in [-0.4, -0.2) is 46.9 Å². The van der Waals surface area contributed by atoms with E-state index in [4.69, 9.17) is 4.74 Å². The number of ether oxygens (including phenoxy) is 1. The minimum absolute atomic E-state index is 0.0361. The van der Waals surface area contributed by atoms with E-state index in [1.807, 2.05) is 6.08 Å². The summed E-state index contributed by atoms with van der Waals surface area (Å²) in [6.07, 6.45) is 50.7. The summed E-state index contributed by atoms with van der Waals surface area (Å²) in [5.74, 6) is -0.580. The summed E-state index contributed by atoms with van der Waals surface area (Å²) in [5.41, 5.74) is 0. The summed E-state index contributed by atoms with van der Waals surface area (Å²) < 4.78 is 5.85. The first-order chi connectivity index (χ1) is 27.5. The van der Waals surface area contributed by atoms with E-state index in [1.165, 1.54) is 141 Å². The Labute approximate surface area is 347 Å². The van der Waals surface area contributed by atoms with Crippen LogP contribution in [0.2, 0.25) is 0 Å². The van der Waals surface area contributed by atoms with E-state index in [2.05, 4.69) is 56.5 Å². The highest BCUT2D eigenvalue weighted by atomic mass is 16.5. The maximum atomic E-state index is 13.1. The summed E-state index contributed by atoms with van der Waals surface area (Å²) in [4.78, 5) is 26.0. The van der Waals surface area contributed by atoms with E-state index < -0.39 is 18.2 Å². The molecule has 0 aliphatic rings. The molecule has 0 aromatic heterocycles. The smallest absolute Gasteiger partial charge is 0.306 e. The SMILES string of the molecule is CCCCCCCC/C=C\C/C=C/CCC(=O)OC(CCC/C=C\CCCCCCCC)CC(=O)NC(CO)C(O)CCCCCCCCCCCCCCC. The van der Waals surface area contributed by atoms with Crippen molar-refractivity contribution in [1.82, 2.24) is 5.32 Å². The van der Waals surface area contributed by atoms with E-state index >= 15 is 0 Å². The Morgan fingerprint density at radius 2 is 0.929 bits per heavy atom. The van der Waals surface area contributed by atoms with Crippen LogP contribution in [0, 0.1) is 0 Å². The van der Waals surface area contributed by atoms with Crippen LogP contribution in [0.1, 0.15) is 245 Å². The van der Waals surface area contributed by atoms with Gasteiger partial charge in [-0.05, 0) is 64.2 Å². The highest BCUT2D eigenvalue weighted by Crippen LogP contribution is 2.16. The van der Waals surface area contributed by atoms with Gasteiger partial charge in [0.05, 0.1) is 25.2 Å². The molecule has 0 spiro atoms. The van der Waals surface area contributed by atoms with Gasteiger partial charge in [-0.1, -0.05) is 205 Å². The zero-order valence-electron chi connectivity index (χ0n) is 37.3. The predicted octanol–water partition coefficient (Wildman–Crippen LogP) is 14.1. The largest absolute Gasteiger partial charge is 0.462 e. The van der Waals surface area contributed by atoms with Gasteiger partial charge in [-0.25, -0.2) is 0 Å². The van der Waals surface area contributed by atoms with Crippen molar-refractivity contribution >= 4 is 11.9 Å². The third-order valence-corrected chi connectivity index (χ3v) is 11.0. The Bertz CT molecular complexity index is 930. The molecule has 6 nitrogen and oxygen atoms in total. The Morgan fingerprint density at radius 1 is 0.518 bits per heavy atom. The van der Waals surface area contributed by atoms with Gasteiger partial charge in [0.2, 0.25) is 5.91 Å². The Hall–Kier alpha value is -1.92. The number of nitrogens with one attached hydrogen (secondary N) is 1. The predicted molar refractivity (Wildman–Crippen MR) is 241 cm³/mol. The lowest BCUT2D eigenvalue weighted by atomic mass is 10.0. The molecule has 0 bridgehead atoms. The molecule has 3 unspecified atom stereocenters. The molecule has 0 aliphatic heterocycles. The van der Waals surface area contributed by atoms with Gasteiger partial charge < -0.3 is 20.3 Å². The lowest BCUT2D eigenvalue weighted by molar-refractivity contribution is -0.150. The summed E-state index contributed by atoms with van der Waals surface area (Å²) >= 11 is 0. The normalized spacial score (nSPS) is 13.6. The van der Waals surface area contributed by atoms with Crippen LogP contribution in [0.5, 0.6) is 0 Å². The third-order valence-electron chi connectivity index (χ3n) is 11.0. The van der Waals surface area contributed by atoms with Crippen LogP contribution in [0.25, 0.3) is 0 Å². The second kappa shape index (κ2) is 44.2. The van der Waals surface area contributed by atoms with E-state index in [9.17, 15) is 19.8 Å². The molecule has 6 heteroatoms. The molecule has 0 saturated heterocycles. The number of esters is 1. The van der Waals surface area contributed by atoms with Gasteiger partial charge in [0.15, 0.2) is 0 Å². The number of allylic oxidation sites excluding steroid dienone is 6. The molecule has 0 aliphatic carbocycles. The van der Waals surface area contributed by atoms with Gasteiger partial charge in [0.1, 0.15) is 6.10 Å². The molecule has 0 saturated carbocycles. The lowest BCUT2D eigenvalue weighted by Gasteiger charge is -2.24. The van der Waals surface area contributed by atoms with Crippen molar-refractivity contribution in [2.24, 2.45) is 0 Å². The van der Waals surface area contributed by atoms with Crippen LogP contribution in [0.3, 0.4) is 0 Å². The Kier molecular flexibility index (Phi) is 42.7. The minimum atomic E-state index is -0.799. The van der Waals surface area contributed by atoms with Gasteiger partial charge in [-0.2, -0.15) is 0 Å². The maximum Gasteiger partial charge on any atom is 0.306 e. The Balaban J connectivity index is 4.64. The summed E-state index contributed by atoms with van der Waals surface area (Å²) in [5, 5.41) is 23.7. The van der Waals surface area contributed by atoms with Crippen molar-refractivity contribution in [3.8, 4) is 0 Å². The molecule has 1 amide bonds. The maximum absolute atomic E-state index is 13.1. The lowest BCUT2D eigenvalue weighted by Crippen LogP contribution is -2.46. The first kappa shape index (κ1) is 54.1. The molecule has 56 heavy (non-hydrogen) atoms. The number of hydrogen-bond acceptors (Lipinski definition) is 5. The highest BCUT2D eigenvalue weighted by molar-refractivity contribution is 5.77. The number of amides is 1. The summed E-state index contributed by atoms with van der Waals surface area (Å²) in [6, 6.07) is -0.717. The van der Waals surface area contributed by atoms with Crippen LogP contribution < -0.4 is 5.32 Å². The number of unbranched alkanes of at least 4 members (excludes halogenated alkanes) is 25. The first-order valence-corrected chi connectivity index (χ1v) is 24.2. The van der Waals surface area contributed by atoms with Crippen molar-refractivity contribution in [3.63, 3.8) is 0 Å². The van der Waals surface area contributed by atoms with Gasteiger partial charge in [0, 0.05) is 6.42 Å². The van der Waals surface area contributed by atoms with Crippen LogP contribution in [-0.2, 0) is 14.3 Å². The van der Waals surface area contributed by atoms with Gasteiger partial charge >= 0.3 is 5.97 Å². The molecule has 3 atom stereocenters. The second-order valence-corrected chi connectivity index (χ2v) is 16.5. The highest BCUT2D eigenvalue weighted by Gasteiger charge is 2.23. The quantitative estimate of drug-likeness (QED) is 0.0325. The minimum Gasteiger partial charge on any atom is -0.462 e. The molecule has 328 valence electrons. The molecule has 0 radical (unpaired) electrons. The number of hydrogen-bond donors (Lipinski definition) is 3. The number of rotatable bonds is 43. The average molecular weight is 788 g/mol. The molecule has 0 heterocycles. The second-order valence-electron chi connectivity index (χ2n) is 16.5. The summed E-state index contributed by atoms with van der Waals surface area (Å²) in [6.45, 7) is 6.44. The van der Waals surface area contributed by atoms with Gasteiger partial charge in [-0.15, -0.1) is 0 Å². The number of carbonyl (C=O) groups is 2. The number of carbonyl (C=O) groups excluding carboxylic acids is 2. The van der Waals surface area contributed by atoms with E-state index in [0.717, 1.165) is 51.4 Å². The fourth-order valence-electron chi connectivity index (χ4n) is 7.25. The van der Waals surface area contributed by atoms with E-state index in [1.54, 1.807) is 0 Å². The van der Waals surface area contributed by atoms with Crippen LogP contribution in [0.4, 0.5) is 0 Å². The average Bonchev–Trinajstić information content (AvgIpc) is 3.19. The zero-order chi connectivity index (χ0) is 41.0. The topological polar surface area (TPSA) is 95.9 Å². The van der Waals surface area contributed by atoms with Crippen molar-refractivity contribution < 1.29 is 24.5 Å². The first-order valence-electron chi connectivity index (χ1n) is 24.2. The number of aliphatic hydroxyl groups is 2.